The topological polar surface area (TPSA) is 81.7 Å². The van der Waals surface area contributed by atoms with Crippen molar-refractivity contribution >= 4 is 56.5 Å². The van der Waals surface area contributed by atoms with Crippen LogP contribution in [0.1, 0.15) is 6.92 Å². The van der Waals surface area contributed by atoms with Gasteiger partial charge in [-0.05, 0) is 43.3 Å². The average molecular weight is 439 g/mol. The van der Waals surface area contributed by atoms with Gasteiger partial charge >= 0.3 is 5.97 Å². The molecule has 2 aromatic carbocycles. The lowest BCUT2D eigenvalue weighted by atomic mass is 10.3. The molecule has 140 valence electrons. The highest BCUT2D eigenvalue weighted by Crippen LogP contribution is 2.33. The number of halogens is 3. The molecule has 2 aromatic rings. The molecule has 0 saturated heterocycles. The Bertz CT molecular complexity index is 901. The Morgan fingerprint density at radius 2 is 1.65 bits per heavy atom. The number of nitrogens with one attached hydrogen (secondary N) is 1. The fourth-order valence-electron chi connectivity index (χ4n) is 1.86. The molecule has 0 radical (unpaired) electrons. The lowest BCUT2D eigenvalue weighted by Gasteiger charge is -2.11. The summed E-state index contributed by atoms with van der Waals surface area (Å²) in [6.45, 7) is 1.67. The molecule has 0 aliphatic heterocycles. The van der Waals surface area contributed by atoms with Gasteiger partial charge < -0.3 is 9.47 Å². The van der Waals surface area contributed by atoms with Gasteiger partial charge in [0.1, 0.15) is 5.75 Å². The average Bonchev–Trinajstić information content (AvgIpc) is 2.58. The number of sulfonamides is 1. The van der Waals surface area contributed by atoms with Crippen LogP contribution in [-0.2, 0) is 19.6 Å². The second-order valence-electron chi connectivity index (χ2n) is 4.92. The zero-order valence-electron chi connectivity index (χ0n) is 13.5. The van der Waals surface area contributed by atoms with Crippen LogP contribution in [-0.4, -0.2) is 27.6 Å². The van der Waals surface area contributed by atoms with Crippen molar-refractivity contribution in [3.63, 3.8) is 0 Å². The first-order valence-corrected chi connectivity index (χ1v) is 9.90. The molecule has 0 aliphatic carbocycles. The Labute approximate surface area is 166 Å². The molecule has 0 saturated carbocycles. The van der Waals surface area contributed by atoms with Crippen molar-refractivity contribution in [1.82, 2.24) is 0 Å². The molecule has 26 heavy (non-hydrogen) atoms. The van der Waals surface area contributed by atoms with Crippen molar-refractivity contribution < 1.29 is 22.7 Å². The quantitative estimate of drug-likeness (QED) is 0.512. The fraction of sp³-hybridized carbons (Fsp3) is 0.188. The van der Waals surface area contributed by atoms with Crippen LogP contribution in [0.5, 0.6) is 5.75 Å². The van der Waals surface area contributed by atoms with Crippen LogP contribution >= 0.6 is 34.8 Å². The number of carbonyl (C=O) groups is 1. The normalized spacial score (nSPS) is 11.1. The van der Waals surface area contributed by atoms with Crippen LogP contribution in [0.2, 0.25) is 15.1 Å². The van der Waals surface area contributed by atoms with Crippen molar-refractivity contribution in [3.05, 3.63) is 51.5 Å². The van der Waals surface area contributed by atoms with Gasteiger partial charge in [-0.1, -0.05) is 34.8 Å². The van der Waals surface area contributed by atoms with Gasteiger partial charge in [0, 0.05) is 0 Å². The summed E-state index contributed by atoms with van der Waals surface area (Å²) in [6.07, 6.45) is 0. The number of anilines is 1. The summed E-state index contributed by atoms with van der Waals surface area (Å²) in [6, 6.07) is 8.16. The molecular weight excluding hydrogens is 425 g/mol. The highest BCUT2D eigenvalue weighted by atomic mass is 35.5. The van der Waals surface area contributed by atoms with E-state index in [0.717, 1.165) is 0 Å². The van der Waals surface area contributed by atoms with E-state index in [4.69, 9.17) is 44.3 Å². The molecule has 0 heterocycles. The summed E-state index contributed by atoms with van der Waals surface area (Å²) in [5.74, 6) is -0.190. The molecule has 0 aromatic heterocycles. The minimum Gasteiger partial charge on any atom is -0.482 e. The SMILES string of the molecule is CCOC(=O)COc1ccc(S(=O)(=O)Nc2cc(Cl)c(Cl)cc2Cl)cc1. The molecule has 1 N–H and O–H groups in total. The fourth-order valence-corrected chi connectivity index (χ4v) is 3.59. The third-order valence-corrected chi connectivity index (χ3v) is 5.47. The van der Waals surface area contributed by atoms with Crippen molar-refractivity contribution in [3.8, 4) is 5.75 Å². The molecule has 0 aliphatic rings. The minimum atomic E-state index is -3.91. The van der Waals surface area contributed by atoms with E-state index in [-0.39, 0.29) is 38.9 Å². The molecule has 0 fully saturated rings. The lowest BCUT2D eigenvalue weighted by Crippen LogP contribution is -2.15. The molecular formula is C16H14Cl3NO5S. The summed E-state index contributed by atoms with van der Waals surface area (Å²) in [4.78, 5) is 11.2. The van der Waals surface area contributed by atoms with E-state index in [0.29, 0.717) is 5.75 Å². The number of benzene rings is 2. The van der Waals surface area contributed by atoms with Gasteiger partial charge in [0.25, 0.3) is 10.0 Å². The van der Waals surface area contributed by atoms with Gasteiger partial charge in [-0.3, -0.25) is 4.72 Å². The maximum absolute atomic E-state index is 12.5. The second-order valence-corrected chi connectivity index (χ2v) is 7.82. The number of rotatable bonds is 7. The molecule has 0 atom stereocenters. The summed E-state index contributed by atoms with van der Waals surface area (Å²) < 4.78 is 37.2. The van der Waals surface area contributed by atoms with Crippen LogP contribution in [0.25, 0.3) is 0 Å². The molecule has 0 bridgehead atoms. The molecule has 2 rings (SSSR count). The van der Waals surface area contributed by atoms with Crippen molar-refractivity contribution in [2.75, 3.05) is 17.9 Å². The minimum absolute atomic E-state index is 0.0249. The van der Waals surface area contributed by atoms with Gasteiger partial charge in [-0.2, -0.15) is 0 Å². The van der Waals surface area contributed by atoms with Crippen molar-refractivity contribution in [2.24, 2.45) is 0 Å². The first-order valence-electron chi connectivity index (χ1n) is 7.28. The van der Waals surface area contributed by atoms with Crippen LogP contribution in [0, 0.1) is 0 Å². The molecule has 0 amide bonds. The van der Waals surface area contributed by atoms with Crippen LogP contribution < -0.4 is 9.46 Å². The molecule has 10 heteroatoms. The largest absolute Gasteiger partial charge is 0.482 e. The number of carbonyl (C=O) groups excluding carboxylic acids is 1. The summed E-state index contributed by atoms with van der Waals surface area (Å²) in [5, 5.41) is 0.483. The van der Waals surface area contributed by atoms with Crippen LogP contribution in [0.15, 0.2) is 41.3 Å². The molecule has 0 spiro atoms. The Balaban J connectivity index is 2.12. The molecule has 0 unspecified atom stereocenters. The van der Waals surface area contributed by atoms with Gasteiger partial charge in [0.2, 0.25) is 0 Å². The predicted octanol–water partition coefficient (Wildman–Crippen LogP) is 4.39. The smallest absolute Gasteiger partial charge is 0.344 e. The highest BCUT2D eigenvalue weighted by Gasteiger charge is 2.17. The maximum atomic E-state index is 12.5. The first kappa shape index (κ1) is 20.6. The number of ether oxygens (including phenoxy) is 2. The first-order chi connectivity index (χ1) is 12.2. The zero-order valence-corrected chi connectivity index (χ0v) is 16.5. The van der Waals surface area contributed by atoms with E-state index in [9.17, 15) is 13.2 Å². The number of esters is 1. The Morgan fingerprint density at radius 3 is 2.27 bits per heavy atom. The Kier molecular flexibility index (Phi) is 7.00. The van der Waals surface area contributed by atoms with E-state index in [1.165, 1.54) is 36.4 Å². The number of hydrogen-bond donors (Lipinski definition) is 1. The summed E-state index contributed by atoms with van der Waals surface area (Å²) >= 11 is 17.7. The van der Waals surface area contributed by atoms with Crippen LogP contribution in [0.3, 0.4) is 0 Å². The molecule has 6 nitrogen and oxygen atoms in total. The predicted molar refractivity (Wildman–Crippen MR) is 101 cm³/mol. The van der Waals surface area contributed by atoms with E-state index in [1.807, 2.05) is 0 Å². The van der Waals surface area contributed by atoms with Crippen molar-refractivity contribution in [2.45, 2.75) is 11.8 Å². The summed E-state index contributed by atoms with van der Waals surface area (Å²) in [5.41, 5.74) is 0.101. The van der Waals surface area contributed by atoms with E-state index in [1.54, 1.807) is 6.92 Å². The van der Waals surface area contributed by atoms with E-state index >= 15 is 0 Å². The monoisotopic (exact) mass is 437 g/mol. The maximum Gasteiger partial charge on any atom is 0.344 e. The van der Waals surface area contributed by atoms with Crippen molar-refractivity contribution in [1.29, 1.82) is 0 Å². The second kappa shape index (κ2) is 8.81. The van der Waals surface area contributed by atoms with Gasteiger partial charge in [-0.15, -0.1) is 0 Å². The third kappa shape index (κ3) is 5.41. The zero-order chi connectivity index (χ0) is 19.3. The van der Waals surface area contributed by atoms with Gasteiger partial charge in [0.05, 0.1) is 32.3 Å². The summed E-state index contributed by atoms with van der Waals surface area (Å²) in [7, 11) is -3.91. The van der Waals surface area contributed by atoms with E-state index in [2.05, 4.69) is 4.72 Å². The number of hydrogen-bond acceptors (Lipinski definition) is 5. The Morgan fingerprint density at radius 1 is 1.04 bits per heavy atom. The standard InChI is InChI=1S/C16H14Cl3NO5S/c1-2-24-16(21)9-25-10-3-5-11(6-4-10)26(22,23)20-15-8-13(18)12(17)7-14(15)19/h3-8,20H,2,9H2,1H3. The van der Waals surface area contributed by atoms with E-state index < -0.39 is 16.0 Å². The third-order valence-electron chi connectivity index (χ3n) is 3.05. The lowest BCUT2D eigenvalue weighted by molar-refractivity contribution is -0.145. The highest BCUT2D eigenvalue weighted by molar-refractivity contribution is 7.92. The van der Waals surface area contributed by atoms with Gasteiger partial charge in [0.15, 0.2) is 6.61 Å². The Hall–Kier alpha value is -1.67. The van der Waals surface area contributed by atoms with Crippen LogP contribution in [0.4, 0.5) is 5.69 Å². The van der Waals surface area contributed by atoms with Gasteiger partial charge in [-0.25, -0.2) is 13.2 Å².